The molecule has 1 saturated heterocycles. The number of amides is 1. The van der Waals surface area contributed by atoms with Crippen molar-refractivity contribution in [3.05, 3.63) is 29.8 Å². The maximum absolute atomic E-state index is 12.2. The second-order valence-corrected chi connectivity index (χ2v) is 5.52. The SMILES string of the molecule is CC[C@H]1SC2=Nc3ccccc3[C@@H](C)N2C1=O. The van der Waals surface area contributed by atoms with Gasteiger partial charge in [-0.25, -0.2) is 4.99 Å². The van der Waals surface area contributed by atoms with E-state index in [4.69, 9.17) is 0 Å². The number of carbonyl (C=O) groups is 1. The van der Waals surface area contributed by atoms with Gasteiger partial charge in [0, 0.05) is 5.56 Å². The maximum Gasteiger partial charge on any atom is 0.242 e. The molecule has 0 N–H and O–H groups in total. The van der Waals surface area contributed by atoms with Crippen molar-refractivity contribution in [3.63, 3.8) is 0 Å². The Bertz CT molecular complexity index is 512. The van der Waals surface area contributed by atoms with Crippen LogP contribution in [0.3, 0.4) is 0 Å². The second kappa shape index (κ2) is 3.88. The van der Waals surface area contributed by atoms with Gasteiger partial charge in [-0.3, -0.25) is 9.69 Å². The minimum atomic E-state index is 0.0468. The fourth-order valence-electron chi connectivity index (χ4n) is 2.36. The van der Waals surface area contributed by atoms with Crippen LogP contribution in [0.5, 0.6) is 0 Å². The summed E-state index contributed by atoms with van der Waals surface area (Å²) in [6.45, 7) is 4.12. The van der Waals surface area contributed by atoms with Crippen molar-refractivity contribution < 1.29 is 4.79 Å². The van der Waals surface area contributed by atoms with Crippen molar-refractivity contribution >= 4 is 28.5 Å². The van der Waals surface area contributed by atoms with E-state index in [0.717, 1.165) is 22.8 Å². The van der Waals surface area contributed by atoms with Gasteiger partial charge in [-0.15, -0.1) is 0 Å². The number of para-hydroxylation sites is 1. The van der Waals surface area contributed by atoms with Gasteiger partial charge >= 0.3 is 0 Å². The summed E-state index contributed by atoms with van der Waals surface area (Å²) in [5.74, 6) is 0.207. The molecule has 17 heavy (non-hydrogen) atoms. The van der Waals surface area contributed by atoms with Crippen molar-refractivity contribution in [1.29, 1.82) is 0 Å². The minimum Gasteiger partial charge on any atom is -0.283 e. The number of rotatable bonds is 1. The number of carbonyl (C=O) groups excluding carboxylic acids is 1. The molecule has 0 unspecified atom stereocenters. The molecule has 0 radical (unpaired) electrons. The first-order chi connectivity index (χ1) is 8.22. The van der Waals surface area contributed by atoms with E-state index in [1.807, 2.05) is 30.0 Å². The van der Waals surface area contributed by atoms with Crippen LogP contribution in [0.25, 0.3) is 0 Å². The number of nitrogens with zero attached hydrogens (tertiary/aromatic N) is 2. The third kappa shape index (κ3) is 1.51. The molecule has 88 valence electrons. The van der Waals surface area contributed by atoms with E-state index in [9.17, 15) is 4.79 Å². The average Bonchev–Trinajstić information content (AvgIpc) is 2.66. The van der Waals surface area contributed by atoms with Gasteiger partial charge < -0.3 is 0 Å². The third-order valence-electron chi connectivity index (χ3n) is 3.33. The van der Waals surface area contributed by atoms with Crippen LogP contribution in [0.15, 0.2) is 29.3 Å². The Morgan fingerprint density at radius 2 is 2.18 bits per heavy atom. The Morgan fingerprint density at radius 1 is 1.41 bits per heavy atom. The Hall–Kier alpha value is -1.29. The normalized spacial score (nSPS) is 26.6. The number of aliphatic imine (C=N–C) groups is 1. The van der Waals surface area contributed by atoms with E-state index in [2.05, 4.69) is 18.0 Å². The second-order valence-electron chi connectivity index (χ2n) is 4.35. The van der Waals surface area contributed by atoms with Crippen LogP contribution in [-0.2, 0) is 4.79 Å². The van der Waals surface area contributed by atoms with Crippen molar-refractivity contribution in [2.75, 3.05) is 0 Å². The average molecular weight is 246 g/mol. The molecule has 1 amide bonds. The van der Waals surface area contributed by atoms with Crippen LogP contribution in [0, 0.1) is 0 Å². The molecule has 3 nitrogen and oxygen atoms in total. The Kier molecular flexibility index (Phi) is 2.47. The topological polar surface area (TPSA) is 32.7 Å². The predicted molar refractivity (Wildman–Crippen MR) is 70.5 cm³/mol. The van der Waals surface area contributed by atoms with Crippen molar-refractivity contribution in [3.8, 4) is 0 Å². The summed E-state index contributed by atoms with van der Waals surface area (Å²) in [5, 5.41) is 0.915. The zero-order chi connectivity index (χ0) is 12.0. The molecule has 1 fully saturated rings. The molecular formula is C13H14N2OS. The lowest BCUT2D eigenvalue weighted by Gasteiger charge is -2.29. The first-order valence-electron chi connectivity index (χ1n) is 5.89. The third-order valence-corrected chi connectivity index (χ3v) is 4.65. The number of fused-ring (bicyclic) bond motifs is 2. The molecule has 2 aliphatic rings. The van der Waals surface area contributed by atoms with Crippen LogP contribution in [0.4, 0.5) is 5.69 Å². The highest BCUT2D eigenvalue weighted by molar-refractivity contribution is 8.15. The highest BCUT2D eigenvalue weighted by Gasteiger charge is 2.42. The fraction of sp³-hybridized carbons (Fsp3) is 0.385. The molecule has 0 aliphatic carbocycles. The lowest BCUT2D eigenvalue weighted by molar-refractivity contribution is -0.127. The number of amidine groups is 1. The van der Waals surface area contributed by atoms with Gasteiger partial charge in [-0.2, -0.15) is 0 Å². The van der Waals surface area contributed by atoms with E-state index < -0.39 is 0 Å². The largest absolute Gasteiger partial charge is 0.283 e. The van der Waals surface area contributed by atoms with Gasteiger partial charge in [-0.1, -0.05) is 36.9 Å². The quantitative estimate of drug-likeness (QED) is 0.762. The molecule has 1 aromatic carbocycles. The van der Waals surface area contributed by atoms with E-state index in [-0.39, 0.29) is 17.2 Å². The highest BCUT2D eigenvalue weighted by atomic mass is 32.2. The Balaban J connectivity index is 2.08. The fourth-order valence-corrected chi connectivity index (χ4v) is 3.51. The Labute approximate surface area is 105 Å². The molecular weight excluding hydrogens is 232 g/mol. The van der Waals surface area contributed by atoms with Crippen LogP contribution in [0.1, 0.15) is 31.9 Å². The number of benzene rings is 1. The van der Waals surface area contributed by atoms with Gasteiger partial charge in [0.2, 0.25) is 5.91 Å². The molecule has 2 heterocycles. The summed E-state index contributed by atoms with van der Waals surface area (Å²) < 4.78 is 0. The molecule has 0 bridgehead atoms. The molecule has 3 rings (SSSR count). The zero-order valence-electron chi connectivity index (χ0n) is 9.88. The molecule has 4 heteroatoms. The summed E-state index contributed by atoms with van der Waals surface area (Å²) in [6, 6.07) is 8.17. The molecule has 0 aromatic heterocycles. The van der Waals surface area contributed by atoms with Gasteiger partial charge in [0.25, 0.3) is 0 Å². The lowest BCUT2D eigenvalue weighted by Crippen LogP contribution is -2.36. The van der Waals surface area contributed by atoms with Crippen LogP contribution in [-0.4, -0.2) is 21.2 Å². The maximum atomic E-state index is 12.2. The predicted octanol–water partition coefficient (Wildman–Crippen LogP) is 3.10. The van der Waals surface area contributed by atoms with Crippen molar-refractivity contribution in [2.24, 2.45) is 4.99 Å². The van der Waals surface area contributed by atoms with E-state index >= 15 is 0 Å². The van der Waals surface area contributed by atoms with Crippen LogP contribution < -0.4 is 0 Å². The molecule has 2 aliphatic heterocycles. The molecule has 0 spiro atoms. The number of hydrogen-bond donors (Lipinski definition) is 0. The Morgan fingerprint density at radius 3 is 2.94 bits per heavy atom. The van der Waals surface area contributed by atoms with E-state index in [1.54, 1.807) is 11.8 Å². The highest BCUT2D eigenvalue weighted by Crippen LogP contribution is 2.42. The summed E-state index contributed by atoms with van der Waals surface area (Å²) in [4.78, 5) is 18.7. The molecule has 2 atom stereocenters. The zero-order valence-corrected chi connectivity index (χ0v) is 10.7. The first-order valence-corrected chi connectivity index (χ1v) is 6.77. The molecule has 1 aromatic rings. The van der Waals surface area contributed by atoms with Crippen molar-refractivity contribution in [2.45, 2.75) is 31.6 Å². The van der Waals surface area contributed by atoms with E-state index in [0.29, 0.717) is 0 Å². The van der Waals surface area contributed by atoms with E-state index in [1.165, 1.54) is 0 Å². The first kappa shape index (κ1) is 10.8. The minimum absolute atomic E-state index is 0.0468. The number of hydrogen-bond acceptors (Lipinski definition) is 3. The number of thioether (sulfide) groups is 1. The summed E-state index contributed by atoms with van der Waals surface area (Å²) >= 11 is 1.60. The lowest BCUT2D eigenvalue weighted by atomic mass is 10.0. The van der Waals surface area contributed by atoms with Gasteiger partial charge in [0.1, 0.15) is 0 Å². The van der Waals surface area contributed by atoms with Crippen LogP contribution >= 0.6 is 11.8 Å². The van der Waals surface area contributed by atoms with Gasteiger partial charge in [0.05, 0.1) is 17.0 Å². The summed E-state index contributed by atoms with van der Waals surface area (Å²) in [5.41, 5.74) is 2.14. The summed E-state index contributed by atoms with van der Waals surface area (Å²) in [7, 11) is 0. The smallest absolute Gasteiger partial charge is 0.242 e. The van der Waals surface area contributed by atoms with Crippen LogP contribution in [0.2, 0.25) is 0 Å². The van der Waals surface area contributed by atoms with Crippen molar-refractivity contribution in [1.82, 2.24) is 4.90 Å². The monoisotopic (exact) mass is 246 g/mol. The molecule has 0 saturated carbocycles. The van der Waals surface area contributed by atoms with Gasteiger partial charge in [-0.05, 0) is 19.4 Å². The standard InChI is InChI=1S/C13H14N2OS/c1-3-11-12(16)15-8(2)9-6-4-5-7-10(9)14-13(15)17-11/h4-8,11H,3H2,1-2H3/t8-,11-/m1/s1. The van der Waals surface area contributed by atoms with Gasteiger partial charge in [0.15, 0.2) is 5.17 Å². The summed E-state index contributed by atoms with van der Waals surface area (Å²) in [6.07, 6.45) is 0.863.